The fourth-order valence-corrected chi connectivity index (χ4v) is 3.82. The lowest BCUT2D eigenvalue weighted by atomic mass is 10.0. The van der Waals surface area contributed by atoms with Crippen molar-refractivity contribution in [2.45, 2.75) is 18.9 Å². The first-order valence-electron chi connectivity index (χ1n) is 8.56. The highest BCUT2D eigenvalue weighted by Gasteiger charge is 2.31. The Morgan fingerprint density at radius 2 is 1.88 bits per heavy atom. The molecule has 0 N–H and O–H groups in total. The van der Waals surface area contributed by atoms with Crippen molar-refractivity contribution in [3.8, 4) is 5.88 Å². The summed E-state index contributed by atoms with van der Waals surface area (Å²) in [5.41, 5.74) is -0.0659. The average molecular weight is 370 g/mol. The van der Waals surface area contributed by atoms with Gasteiger partial charge >= 0.3 is 5.69 Å². The van der Waals surface area contributed by atoms with Crippen LogP contribution in [0.3, 0.4) is 0 Å². The van der Waals surface area contributed by atoms with Gasteiger partial charge in [0.1, 0.15) is 5.02 Å². The van der Waals surface area contributed by atoms with Crippen LogP contribution in [-0.4, -0.2) is 79.2 Å². The van der Waals surface area contributed by atoms with Gasteiger partial charge in [-0.2, -0.15) is 4.98 Å². The number of hydrogen-bond acceptors (Lipinski definition) is 7. The molecule has 0 aromatic carbocycles. The lowest BCUT2D eigenvalue weighted by molar-refractivity contribution is -0.384. The first-order valence-corrected chi connectivity index (χ1v) is 8.94. The Morgan fingerprint density at radius 3 is 2.44 bits per heavy atom. The number of piperazine rings is 1. The van der Waals surface area contributed by atoms with E-state index < -0.39 is 4.92 Å². The molecule has 0 amide bonds. The van der Waals surface area contributed by atoms with Gasteiger partial charge in [-0.25, -0.2) is 0 Å². The van der Waals surface area contributed by atoms with E-state index in [1.54, 1.807) is 0 Å². The number of likely N-dealkylation sites (N-methyl/N-ethyl adjacent to an activating group) is 1. The number of nitro groups is 1. The van der Waals surface area contributed by atoms with Gasteiger partial charge in [0.2, 0.25) is 11.7 Å². The second-order valence-electron chi connectivity index (χ2n) is 6.64. The molecule has 9 heteroatoms. The summed E-state index contributed by atoms with van der Waals surface area (Å²) in [5.74, 6) is 0.575. The largest absolute Gasteiger partial charge is 0.480 e. The molecule has 2 aliphatic rings. The summed E-state index contributed by atoms with van der Waals surface area (Å²) in [7, 11) is 3.61. The molecule has 2 fully saturated rings. The number of methoxy groups -OCH3 is 1. The summed E-state index contributed by atoms with van der Waals surface area (Å²) in [6.45, 7) is 5.87. The van der Waals surface area contributed by atoms with Crippen LogP contribution >= 0.6 is 11.6 Å². The van der Waals surface area contributed by atoms with Crippen molar-refractivity contribution in [3.05, 3.63) is 21.2 Å². The van der Waals surface area contributed by atoms with E-state index in [1.807, 2.05) is 4.90 Å². The van der Waals surface area contributed by atoms with Gasteiger partial charge in [0.05, 0.1) is 12.0 Å². The van der Waals surface area contributed by atoms with Crippen molar-refractivity contribution < 1.29 is 9.66 Å². The number of ether oxygens (including phenoxy) is 1. The zero-order valence-corrected chi connectivity index (χ0v) is 15.4. The van der Waals surface area contributed by atoms with Crippen LogP contribution in [-0.2, 0) is 0 Å². The quantitative estimate of drug-likeness (QED) is 0.592. The van der Waals surface area contributed by atoms with Crippen LogP contribution in [0.15, 0.2) is 6.07 Å². The van der Waals surface area contributed by atoms with Crippen molar-refractivity contribution in [1.29, 1.82) is 0 Å². The van der Waals surface area contributed by atoms with E-state index in [1.165, 1.54) is 13.2 Å². The van der Waals surface area contributed by atoms with E-state index in [9.17, 15) is 10.1 Å². The highest BCUT2D eigenvalue weighted by atomic mass is 35.5. The highest BCUT2D eigenvalue weighted by molar-refractivity contribution is 6.32. The Balaban J connectivity index is 1.71. The number of halogens is 1. The molecule has 2 saturated heterocycles. The Bertz CT molecular complexity index is 628. The van der Waals surface area contributed by atoms with E-state index in [4.69, 9.17) is 16.3 Å². The van der Waals surface area contributed by atoms with E-state index in [0.29, 0.717) is 11.9 Å². The molecule has 3 rings (SSSR count). The molecule has 1 aromatic heterocycles. The van der Waals surface area contributed by atoms with Crippen molar-refractivity contribution in [2.24, 2.45) is 0 Å². The third kappa shape index (κ3) is 3.96. The predicted octanol–water partition coefficient (Wildman–Crippen LogP) is 1.87. The fraction of sp³-hybridized carbons (Fsp3) is 0.688. The van der Waals surface area contributed by atoms with Crippen molar-refractivity contribution >= 4 is 23.1 Å². The summed E-state index contributed by atoms with van der Waals surface area (Å²) in [6.07, 6.45) is 1.96. The number of rotatable bonds is 4. The molecule has 3 heterocycles. The van der Waals surface area contributed by atoms with E-state index in [0.717, 1.165) is 52.1 Å². The first-order chi connectivity index (χ1) is 12.0. The third-order valence-corrected chi connectivity index (χ3v) is 5.38. The number of hydrogen-bond donors (Lipinski definition) is 0. The monoisotopic (exact) mass is 369 g/mol. The molecule has 0 bridgehead atoms. The predicted molar refractivity (Wildman–Crippen MR) is 96.8 cm³/mol. The van der Waals surface area contributed by atoms with E-state index in [2.05, 4.69) is 21.8 Å². The molecule has 1 aromatic rings. The van der Waals surface area contributed by atoms with Crippen LogP contribution in [0, 0.1) is 10.1 Å². The standard InChI is InChI=1S/C16H24ClN5O3/c1-19-7-9-20(10-8-19)12-3-5-21(6-4-12)15-14(22(23)24)11-13(17)16(18-15)25-2/h11-12H,3-10H2,1-2H3. The molecule has 2 aliphatic heterocycles. The van der Waals surface area contributed by atoms with Crippen molar-refractivity contribution in [1.82, 2.24) is 14.8 Å². The number of anilines is 1. The molecule has 8 nitrogen and oxygen atoms in total. The summed E-state index contributed by atoms with van der Waals surface area (Å²) >= 11 is 6.00. The molecular formula is C16H24ClN5O3. The smallest absolute Gasteiger partial charge is 0.313 e. The van der Waals surface area contributed by atoms with Gasteiger partial charge in [-0.1, -0.05) is 11.6 Å². The highest BCUT2D eigenvalue weighted by Crippen LogP contribution is 2.35. The van der Waals surface area contributed by atoms with Crippen LogP contribution in [0.2, 0.25) is 5.02 Å². The van der Waals surface area contributed by atoms with Gasteiger partial charge in [-0.15, -0.1) is 0 Å². The normalized spacial score (nSPS) is 20.7. The van der Waals surface area contributed by atoms with Gasteiger partial charge < -0.3 is 14.5 Å². The van der Waals surface area contributed by atoms with Gasteiger partial charge in [-0.05, 0) is 19.9 Å². The zero-order valence-electron chi connectivity index (χ0n) is 14.7. The third-order valence-electron chi connectivity index (χ3n) is 5.11. The maximum absolute atomic E-state index is 11.4. The molecule has 0 radical (unpaired) electrons. The molecule has 0 atom stereocenters. The Kier molecular flexibility index (Phi) is 5.61. The number of aromatic nitrogens is 1. The minimum atomic E-state index is -0.430. The molecular weight excluding hydrogens is 346 g/mol. The second kappa shape index (κ2) is 7.72. The first kappa shape index (κ1) is 18.2. The molecule has 0 unspecified atom stereocenters. The van der Waals surface area contributed by atoms with Crippen LogP contribution in [0.1, 0.15) is 12.8 Å². The minimum Gasteiger partial charge on any atom is -0.480 e. The van der Waals surface area contributed by atoms with E-state index >= 15 is 0 Å². The zero-order chi connectivity index (χ0) is 18.0. The summed E-state index contributed by atoms with van der Waals surface area (Å²) < 4.78 is 5.13. The number of nitrogens with zero attached hydrogens (tertiary/aromatic N) is 5. The molecule has 0 spiro atoms. The topological polar surface area (TPSA) is 75.0 Å². The lowest BCUT2D eigenvalue weighted by Crippen LogP contribution is -2.52. The summed E-state index contributed by atoms with van der Waals surface area (Å²) in [4.78, 5) is 22.1. The SMILES string of the molecule is COc1nc(N2CCC(N3CCN(C)CC3)CC2)c([N+](=O)[O-])cc1Cl. The van der Waals surface area contributed by atoms with Crippen LogP contribution in [0.4, 0.5) is 11.5 Å². The minimum absolute atomic E-state index is 0.0659. The van der Waals surface area contributed by atoms with Gasteiger partial charge in [0, 0.05) is 51.4 Å². The van der Waals surface area contributed by atoms with Gasteiger partial charge in [0.25, 0.3) is 0 Å². The summed E-state index contributed by atoms with van der Waals surface area (Å²) in [5, 5.41) is 11.5. The lowest BCUT2D eigenvalue weighted by Gasteiger charge is -2.42. The van der Waals surface area contributed by atoms with Gasteiger partial charge in [0.15, 0.2) is 0 Å². The second-order valence-corrected chi connectivity index (χ2v) is 7.04. The number of pyridine rings is 1. The average Bonchev–Trinajstić information content (AvgIpc) is 2.62. The van der Waals surface area contributed by atoms with Crippen molar-refractivity contribution in [3.63, 3.8) is 0 Å². The molecule has 25 heavy (non-hydrogen) atoms. The van der Waals surface area contributed by atoms with Crippen LogP contribution < -0.4 is 9.64 Å². The maximum atomic E-state index is 11.4. The molecule has 138 valence electrons. The summed E-state index contributed by atoms with van der Waals surface area (Å²) in [6, 6.07) is 1.87. The van der Waals surface area contributed by atoms with Crippen LogP contribution in [0.5, 0.6) is 5.88 Å². The Labute approximate surface area is 152 Å². The van der Waals surface area contributed by atoms with Crippen LogP contribution in [0.25, 0.3) is 0 Å². The van der Waals surface area contributed by atoms with E-state index in [-0.39, 0.29) is 16.6 Å². The molecule has 0 saturated carbocycles. The number of piperidine rings is 1. The maximum Gasteiger partial charge on any atom is 0.313 e. The van der Waals surface area contributed by atoms with Crippen molar-refractivity contribution in [2.75, 3.05) is 58.3 Å². The van der Waals surface area contributed by atoms with Gasteiger partial charge in [-0.3, -0.25) is 15.0 Å². The molecule has 0 aliphatic carbocycles. The fourth-order valence-electron chi connectivity index (χ4n) is 3.59. The Morgan fingerprint density at radius 1 is 1.24 bits per heavy atom. The Hall–Kier alpha value is -1.64.